The molecule has 2 aromatic carbocycles. The summed E-state index contributed by atoms with van der Waals surface area (Å²) in [5.41, 5.74) is 1.94. The lowest BCUT2D eigenvalue weighted by molar-refractivity contribution is 0.102. The number of benzene rings is 2. The first kappa shape index (κ1) is 23.2. The molecule has 0 saturated carbocycles. The van der Waals surface area contributed by atoms with Gasteiger partial charge in [0.05, 0.1) is 29.5 Å². The molecule has 0 aromatic heterocycles. The van der Waals surface area contributed by atoms with E-state index in [2.05, 4.69) is 10.2 Å². The van der Waals surface area contributed by atoms with Crippen molar-refractivity contribution in [3.05, 3.63) is 54.1 Å². The van der Waals surface area contributed by atoms with Crippen LogP contribution in [0.15, 0.2) is 53.4 Å². The molecule has 8 heteroatoms. The van der Waals surface area contributed by atoms with Crippen LogP contribution >= 0.6 is 0 Å². The van der Waals surface area contributed by atoms with Gasteiger partial charge in [0.25, 0.3) is 5.91 Å². The van der Waals surface area contributed by atoms with Crippen LogP contribution in [0, 0.1) is 0 Å². The first-order valence-electron chi connectivity index (χ1n) is 10.8. The number of anilines is 2. The average Bonchev–Trinajstić information content (AvgIpc) is 2.80. The van der Waals surface area contributed by atoms with Crippen LogP contribution in [-0.4, -0.2) is 58.0 Å². The van der Waals surface area contributed by atoms with E-state index in [9.17, 15) is 13.2 Å². The lowest BCUT2D eigenvalue weighted by Gasteiger charge is -2.30. The van der Waals surface area contributed by atoms with E-state index in [4.69, 9.17) is 4.74 Å². The maximum Gasteiger partial charge on any atom is 0.255 e. The summed E-state index contributed by atoms with van der Waals surface area (Å²) >= 11 is 0. The van der Waals surface area contributed by atoms with Crippen molar-refractivity contribution < 1.29 is 17.9 Å². The SMILES string of the molecule is CCCN(CCC)S(=O)(=O)c1cccc(C(=O)Nc2ccccc2N2CCOCC2)c1. The van der Waals surface area contributed by atoms with Crippen molar-refractivity contribution in [2.75, 3.05) is 49.6 Å². The Morgan fingerprint density at radius 1 is 1.03 bits per heavy atom. The second kappa shape index (κ2) is 10.7. The number of carbonyl (C=O) groups is 1. The first-order valence-corrected chi connectivity index (χ1v) is 12.2. The summed E-state index contributed by atoms with van der Waals surface area (Å²) in [7, 11) is -3.65. The third-order valence-electron chi connectivity index (χ3n) is 5.18. The minimum atomic E-state index is -3.65. The quantitative estimate of drug-likeness (QED) is 0.638. The lowest BCUT2D eigenvalue weighted by Crippen LogP contribution is -2.36. The van der Waals surface area contributed by atoms with Gasteiger partial charge in [-0.1, -0.05) is 32.0 Å². The Balaban J connectivity index is 1.83. The fourth-order valence-electron chi connectivity index (χ4n) is 3.65. The maximum absolute atomic E-state index is 13.1. The van der Waals surface area contributed by atoms with E-state index in [1.54, 1.807) is 18.2 Å². The molecule has 0 unspecified atom stereocenters. The summed E-state index contributed by atoms with van der Waals surface area (Å²) in [6, 6.07) is 13.9. The van der Waals surface area contributed by atoms with Crippen LogP contribution in [0.2, 0.25) is 0 Å². The fourth-order valence-corrected chi connectivity index (χ4v) is 5.32. The molecule has 0 atom stereocenters. The molecule has 0 bridgehead atoms. The van der Waals surface area contributed by atoms with Gasteiger partial charge in [-0.15, -0.1) is 0 Å². The Bertz CT molecular complexity index is 982. The largest absolute Gasteiger partial charge is 0.378 e. The van der Waals surface area contributed by atoms with E-state index in [1.807, 2.05) is 38.1 Å². The van der Waals surface area contributed by atoms with E-state index in [1.165, 1.54) is 10.4 Å². The Morgan fingerprint density at radius 2 is 1.71 bits per heavy atom. The molecule has 0 aliphatic carbocycles. The van der Waals surface area contributed by atoms with Gasteiger partial charge in [0, 0.05) is 31.7 Å². The molecule has 1 amide bonds. The van der Waals surface area contributed by atoms with Gasteiger partial charge in [0.1, 0.15) is 0 Å². The number of nitrogens with one attached hydrogen (secondary N) is 1. The van der Waals surface area contributed by atoms with Crippen LogP contribution in [0.1, 0.15) is 37.0 Å². The summed E-state index contributed by atoms with van der Waals surface area (Å²) in [4.78, 5) is 15.3. The van der Waals surface area contributed by atoms with E-state index in [0.717, 1.165) is 31.6 Å². The molecule has 1 N–H and O–H groups in total. The van der Waals surface area contributed by atoms with E-state index >= 15 is 0 Å². The van der Waals surface area contributed by atoms with Crippen LogP contribution in [0.3, 0.4) is 0 Å². The van der Waals surface area contributed by atoms with Crippen LogP contribution in [0.25, 0.3) is 0 Å². The number of sulfonamides is 1. The molecule has 1 aliphatic heterocycles. The number of rotatable bonds is 9. The van der Waals surface area contributed by atoms with Crippen LogP contribution in [0.4, 0.5) is 11.4 Å². The molecular formula is C23H31N3O4S. The second-order valence-corrected chi connectivity index (χ2v) is 9.44. The first-order chi connectivity index (χ1) is 15.0. The zero-order chi connectivity index (χ0) is 22.3. The highest BCUT2D eigenvalue weighted by atomic mass is 32.2. The zero-order valence-corrected chi connectivity index (χ0v) is 19.0. The zero-order valence-electron chi connectivity index (χ0n) is 18.2. The predicted molar refractivity (Wildman–Crippen MR) is 123 cm³/mol. The fraction of sp³-hybridized carbons (Fsp3) is 0.435. The minimum absolute atomic E-state index is 0.142. The van der Waals surface area contributed by atoms with Crippen molar-refractivity contribution in [3.8, 4) is 0 Å². The van der Waals surface area contributed by atoms with Gasteiger partial charge in [-0.3, -0.25) is 4.79 Å². The normalized spacial score (nSPS) is 14.6. The Morgan fingerprint density at radius 3 is 2.39 bits per heavy atom. The molecule has 3 rings (SSSR count). The molecule has 1 aliphatic rings. The van der Waals surface area contributed by atoms with Crippen molar-refractivity contribution in [3.63, 3.8) is 0 Å². The number of para-hydroxylation sites is 2. The minimum Gasteiger partial charge on any atom is -0.378 e. The van der Waals surface area contributed by atoms with Gasteiger partial charge < -0.3 is 15.0 Å². The molecular weight excluding hydrogens is 414 g/mol. The Kier molecular flexibility index (Phi) is 8.06. The molecule has 1 fully saturated rings. The average molecular weight is 446 g/mol. The molecule has 2 aromatic rings. The smallest absolute Gasteiger partial charge is 0.255 e. The number of ether oxygens (including phenoxy) is 1. The van der Waals surface area contributed by atoms with Gasteiger partial charge in [0.15, 0.2) is 0 Å². The van der Waals surface area contributed by atoms with Gasteiger partial charge in [-0.2, -0.15) is 4.31 Å². The summed E-state index contributed by atoms with van der Waals surface area (Å²) in [6.45, 7) is 7.62. The van der Waals surface area contributed by atoms with Crippen molar-refractivity contribution in [2.45, 2.75) is 31.6 Å². The standard InChI is InChI=1S/C23H31N3O4S/c1-3-12-26(13-4-2)31(28,29)20-9-7-8-19(18-20)23(27)24-21-10-5-6-11-22(21)25-14-16-30-17-15-25/h5-11,18H,3-4,12-17H2,1-2H3,(H,24,27). The summed E-state index contributed by atoms with van der Waals surface area (Å²) in [6.07, 6.45) is 1.47. The molecule has 31 heavy (non-hydrogen) atoms. The predicted octanol–water partition coefficient (Wildman–Crippen LogP) is 3.59. The number of morpholine rings is 1. The molecule has 1 heterocycles. The third kappa shape index (κ3) is 5.64. The summed E-state index contributed by atoms with van der Waals surface area (Å²) in [5, 5.41) is 2.95. The summed E-state index contributed by atoms with van der Waals surface area (Å²) in [5.74, 6) is -0.338. The number of carbonyl (C=O) groups excluding carboxylic acids is 1. The van der Waals surface area contributed by atoms with E-state index < -0.39 is 10.0 Å². The highest BCUT2D eigenvalue weighted by Crippen LogP contribution is 2.27. The highest BCUT2D eigenvalue weighted by Gasteiger charge is 2.24. The Labute approximate surface area is 185 Å². The lowest BCUT2D eigenvalue weighted by atomic mass is 10.2. The summed E-state index contributed by atoms with van der Waals surface area (Å²) < 4.78 is 33.1. The van der Waals surface area contributed by atoms with Crippen LogP contribution in [0.5, 0.6) is 0 Å². The molecule has 168 valence electrons. The van der Waals surface area contributed by atoms with Gasteiger partial charge >= 0.3 is 0 Å². The topological polar surface area (TPSA) is 79.0 Å². The van der Waals surface area contributed by atoms with Crippen LogP contribution < -0.4 is 10.2 Å². The van der Waals surface area contributed by atoms with Crippen molar-refractivity contribution in [2.24, 2.45) is 0 Å². The third-order valence-corrected chi connectivity index (χ3v) is 7.08. The molecule has 1 saturated heterocycles. The van der Waals surface area contributed by atoms with E-state index in [-0.39, 0.29) is 10.8 Å². The van der Waals surface area contributed by atoms with Gasteiger partial charge in [-0.25, -0.2) is 8.42 Å². The number of hydrogen-bond donors (Lipinski definition) is 1. The molecule has 7 nitrogen and oxygen atoms in total. The number of nitrogens with zero attached hydrogens (tertiary/aromatic N) is 2. The van der Waals surface area contributed by atoms with E-state index in [0.29, 0.717) is 37.6 Å². The molecule has 0 spiro atoms. The van der Waals surface area contributed by atoms with Crippen molar-refractivity contribution in [1.29, 1.82) is 0 Å². The number of amides is 1. The number of hydrogen-bond acceptors (Lipinski definition) is 5. The Hall–Kier alpha value is -2.42. The second-order valence-electron chi connectivity index (χ2n) is 7.50. The maximum atomic E-state index is 13.1. The monoisotopic (exact) mass is 445 g/mol. The van der Waals surface area contributed by atoms with Crippen molar-refractivity contribution in [1.82, 2.24) is 4.31 Å². The van der Waals surface area contributed by atoms with Gasteiger partial charge in [-0.05, 0) is 43.2 Å². The van der Waals surface area contributed by atoms with Crippen LogP contribution in [-0.2, 0) is 14.8 Å². The van der Waals surface area contributed by atoms with Gasteiger partial charge in [0.2, 0.25) is 10.0 Å². The van der Waals surface area contributed by atoms with Crippen molar-refractivity contribution >= 4 is 27.3 Å². The highest BCUT2D eigenvalue weighted by molar-refractivity contribution is 7.89. The molecule has 0 radical (unpaired) electrons.